The van der Waals surface area contributed by atoms with Crippen molar-refractivity contribution in [3.05, 3.63) is 42.0 Å². The van der Waals surface area contributed by atoms with Crippen LogP contribution in [0, 0.1) is 0 Å². The monoisotopic (exact) mass is 274 g/mol. The Hall–Kier alpha value is -1.65. The lowest BCUT2D eigenvalue weighted by atomic mass is 9.79. The smallest absolute Gasteiger partial charge is 0.338 e. The summed E-state index contributed by atoms with van der Waals surface area (Å²) in [6.45, 7) is 5.15. The Morgan fingerprint density at radius 3 is 2.90 bits per heavy atom. The number of carbonyl (C=O) groups is 1. The maximum Gasteiger partial charge on any atom is 0.338 e. The van der Waals surface area contributed by atoms with E-state index in [0.717, 1.165) is 18.4 Å². The van der Waals surface area contributed by atoms with Crippen molar-refractivity contribution in [2.45, 2.75) is 44.0 Å². The zero-order valence-electron chi connectivity index (χ0n) is 11.5. The lowest BCUT2D eigenvalue weighted by Crippen LogP contribution is -2.36. The molecule has 20 heavy (non-hydrogen) atoms. The van der Waals surface area contributed by atoms with E-state index in [1.807, 2.05) is 6.07 Å². The normalized spacial score (nSPS) is 31.3. The molecule has 3 rings (SSSR count). The minimum atomic E-state index is -0.964. The molecular formula is C16H18O4. The van der Waals surface area contributed by atoms with Crippen molar-refractivity contribution in [3.8, 4) is 5.75 Å². The molecule has 2 fully saturated rings. The minimum Gasteiger partial charge on any atom is -0.423 e. The molecular weight excluding hydrogens is 256 g/mol. The van der Waals surface area contributed by atoms with Crippen molar-refractivity contribution < 1.29 is 19.4 Å². The summed E-state index contributed by atoms with van der Waals surface area (Å²) in [5.74, 6) is -0.0370. The lowest BCUT2D eigenvalue weighted by molar-refractivity contribution is -0.130. The molecule has 4 nitrogen and oxygen atoms in total. The molecule has 0 saturated carbocycles. The molecule has 1 N–H and O–H groups in total. The molecule has 2 aliphatic rings. The van der Waals surface area contributed by atoms with Crippen LogP contribution in [0.1, 0.15) is 31.7 Å². The van der Waals surface area contributed by atoms with Crippen LogP contribution >= 0.6 is 0 Å². The highest BCUT2D eigenvalue weighted by Gasteiger charge is 2.52. The largest absolute Gasteiger partial charge is 0.423 e. The van der Waals surface area contributed by atoms with Gasteiger partial charge in [-0.15, -0.1) is 0 Å². The van der Waals surface area contributed by atoms with Gasteiger partial charge in [-0.1, -0.05) is 18.7 Å². The van der Waals surface area contributed by atoms with Crippen LogP contribution in [0.5, 0.6) is 5.75 Å². The van der Waals surface area contributed by atoms with E-state index in [0.29, 0.717) is 17.7 Å². The summed E-state index contributed by atoms with van der Waals surface area (Å²) in [6, 6.07) is 7.04. The first-order valence-corrected chi connectivity index (χ1v) is 6.85. The Bertz CT molecular complexity index is 565. The van der Waals surface area contributed by atoms with Crippen LogP contribution in [0.4, 0.5) is 0 Å². The van der Waals surface area contributed by atoms with Gasteiger partial charge in [-0.3, -0.25) is 0 Å². The molecule has 3 unspecified atom stereocenters. The van der Waals surface area contributed by atoms with E-state index in [2.05, 4.69) is 6.58 Å². The van der Waals surface area contributed by atoms with Gasteiger partial charge in [-0.25, -0.2) is 4.79 Å². The van der Waals surface area contributed by atoms with Crippen LogP contribution in [-0.2, 0) is 15.1 Å². The van der Waals surface area contributed by atoms with Crippen LogP contribution in [0.2, 0.25) is 0 Å². The average molecular weight is 274 g/mol. The quantitative estimate of drug-likeness (QED) is 0.522. The number of hydrogen-bond donors (Lipinski definition) is 1. The predicted octanol–water partition coefficient (Wildman–Crippen LogP) is 2.31. The number of ether oxygens (including phenoxy) is 2. The molecule has 3 atom stereocenters. The molecule has 0 spiro atoms. The molecule has 1 aromatic carbocycles. The number of carbonyl (C=O) groups excluding carboxylic acids is 1. The molecule has 2 bridgehead atoms. The average Bonchev–Trinajstić information content (AvgIpc) is 2.99. The molecule has 2 heterocycles. The maximum atomic E-state index is 11.5. The number of aliphatic hydroxyl groups is 1. The van der Waals surface area contributed by atoms with Gasteiger partial charge in [-0.2, -0.15) is 0 Å². The molecule has 0 aliphatic carbocycles. The molecule has 0 amide bonds. The van der Waals surface area contributed by atoms with E-state index in [1.54, 1.807) is 25.1 Å². The summed E-state index contributed by atoms with van der Waals surface area (Å²) in [5.41, 5.74) is 0.128. The van der Waals surface area contributed by atoms with Gasteiger partial charge >= 0.3 is 5.97 Å². The van der Waals surface area contributed by atoms with Gasteiger partial charge in [0.05, 0.1) is 12.2 Å². The van der Waals surface area contributed by atoms with Gasteiger partial charge < -0.3 is 14.6 Å². The van der Waals surface area contributed by atoms with E-state index in [9.17, 15) is 9.90 Å². The Morgan fingerprint density at radius 2 is 2.30 bits per heavy atom. The van der Waals surface area contributed by atoms with Crippen molar-refractivity contribution in [3.63, 3.8) is 0 Å². The summed E-state index contributed by atoms with van der Waals surface area (Å²) in [5, 5.41) is 10.8. The summed E-state index contributed by atoms with van der Waals surface area (Å²) in [6.07, 6.45) is 2.48. The third-order valence-corrected chi connectivity index (χ3v) is 4.07. The molecule has 2 saturated heterocycles. The highest BCUT2D eigenvalue weighted by molar-refractivity contribution is 5.88. The zero-order chi connectivity index (χ0) is 14.3. The Labute approximate surface area is 118 Å². The second kappa shape index (κ2) is 4.72. The van der Waals surface area contributed by atoms with Gasteiger partial charge in [0.1, 0.15) is 11.4 Å². The maximum absolute atomic E-state index is 11.5. The number of benzene rings is 1. The highest BCUT2D eigenvalue weighted by Crippen LogP contribution is 2.48. The second-order valence-corrected chi connectivity index (χ2v) is 5.65. The van der Waals surface area contributed by atoms with Crippen molar-refractivity contribution in [1.29, 1.82) is 0 Å². The fourth-order valence-corrected chi connectivity index (χ4v) is 3.01. The van der Waals surface area contributed by atoms with Crippen LogP contribution in [0.25, 0.3) is 0 Å². The van der Waals surface area contributed by atoms with Gasteiger partial charge in [0.15, 0.2) is 0 Å². The van der Waals surface area contributed by atoms with E-state index in [1.165, 1.54) is 0 Å². The zero-order valence-corrected chi connectivity index (χ0v) is 11.5. The molecule has 0 radical (unpaired) electrons. The Morgan fingerprint density at radius 1 is 1.50 bits per heavy atom. The topological polar surface area (TPSA) is 55.8 Å². The fourth-order valence-electron chi connectivity index (χ4n) is 3.01. The van der Waals surface area contributed by atoms with E-state index < -0.39 is 11.6 Å². The highest BCUT2D eigenvalue weighted by atomic mass is 16.5. The standard InChI is InChI=1S/C16H18O4/c1-10(2)15(17)20-12-5-3-4-11(8-12)16(18)9-13-6-7-14(16)19-13/h3-5,8,13-14,18H,1,6-7,9H2,2H3. The summed E-state index contributed by atoms with van der Waals surface area (Å²) >= 11 is 0. The molecule has 2 aliphatic heterocycles. The predicted molar refractivity (Wildman–Crippen MR) is 73.3 cm³/mol. The third kappa shape index (κ3) is 2.15. The lowest BCUT2D eigenvalue weighted by Gasteiger charge is -2.30. The first-order valence-electron chi connectivity index (χ1n) is 6.85. The van der Waals surface area contributed by atoms with Crippen molar-refractivity contribution >= 4 is 5.97 Å². The van der Waals surface area contributed by atoms with Gasteiger partial charge in [0.25, 0.3) is 0 Å². The molecule has 106 valence electrons. The van der Waals surface area contributed by atoms with Crippen molar-refractivity contribution in [1.82, 2.24) is 0 Å². The first kappa shape index (κ1) is 13.3. The van der Waals surface area contributed by atoms with Crippen LogP contribution in [0.3, 0.4) is 0 Å². The number of rotatable bonds is 3. The third-order valence-electron chi connectivity index (χ3n) is 4.07. The van der Waals surface area contributed by atoms with E-state index >= 15 is 0 Å². The fraction of sp³-hybridized carbons (Fsp3) is 0.438. The van der Waals surface area contributed by atoms with E-state index in [-0.39, 0.29) is 12.2 Å². The van der Waals surface area contributed by atoms with Gasteiger partial charge in [-0.05, 0) is 37.5 Å². The van der Waals surface area contributed by atoms with Crippen molar-refractivity contribution in [2.24, 2.45) is 0 Å². The molecule has 1 aromatic rings. The number of fused-ring (bicyclic) bond motifs is 2. The number of hydrogen-bond acceptors (Lipinski definition) is 4. The van der Waals surface area contributed by atoms with Crippen LogP contribution in [0.15, 0.2) is 36.4 Å². The van der Waals surface area contributed by atoms with Gasteiger partial charge in [0, 0.05) is 12.0 Å². The number of esters is 1. The second-order valence-electron chi connectivity index (χ2n) is 5.65. The molecule has 0 aromatic heterocycles. The summed E-state index contributed by atoms with van der Waals surface area (Å²) in [7, 11) is 0. The Kier molecular flexibility index (Phi) is 3.15. The first-order chi connectivity index (χ1) is 9.49. The SMILES string of the molecule is C=C(C)C(=O)Oc1cccc(C2(O)CC3CCC2O3)c1. The Balaban J connectivity index is 1.85. The molecule has 4 heteroatoms. The van der Waals surface area contributed by atoms with Crippen molar-refractivity contribution in [2.75, 3.05) is 0 Å². The summed E-state index contributed by atoms with van der Waals surface area (Å²) < 4.78 is 10.9. The summed E-state index contributed by atoms with van der Waals surface area (Å²) in [4.78, 5) is 11.5. The van der Waals surface area contributed by atoms with Gasteiger partial charge in [0.2, 0.25) is 0 Å². The van der Waals surface area contributed by atoms with E-state index in [4.69, 9.17) is 9.47 Å². The minimum absolute atomic E-state index is 0.145. The van der Waals surface area contributed by atoms with Crippen LogP contribution in [-0.4, -0.2) is 23.3 Å². The van der Waals surface area contributed by atoms with Crippen LogP contribution < -0.4 is 4.74 Å².